The van der Waals surface area contributed by atoms with Gasteiger partial charge in [-0.25, -0.2) is 0 Å². The highest BCUT2D eigenvalue weighted by Crippen LogP contribution is 2.29. The van der Waals surface area contributed by atoms with Gasteiger partial charge in [0.25, 0.3) is 0 Å². The van der Waals surface area contributed by atoms with Crippen molar-refractivity contribution in [2.24, 2.45) is 5.92 Å². The summed E-state index contributed by atoms with van der Waals surface area (Å²) < 4.78 is 0. The second kappa shape index (κ2) is 14.5. The molecule has 0 nitrogen and oxygen atoms in total. The van der Waals surface area contributed by atoms with Crippen LogP contribution in [0, 0.1) is 5.92 Å². The van der Waals surface area contributed by atoms with Gasteiger partial charge in [-0.2, -0.15) is 0 Å². The van der Waals surface area contributed by atoms with Crippen molar-refractivity contribution in [3.63, 3.8) is 0 Å². The molecule has 0 aliphatic heterocycles. The van der Waals surface area contributed by atoms with E-state index in [2.05, 4.69) is 32.9 Å². The predicted octanol–water partition coefficient (Wildman–Crippen LogP) is 6.92. The first kappa shape index (κ1) is 19.8. The minimum absolute atomic E-state index is 0.879. The van der Waals surface area contributed by atoms with Gasteiger partial charge in [0.1, 0.15) is 0 Å². The fourth-order valence-corrected chi connectivity index (χ4v) is 2.09. The van der Waals surface area contributed by atoms with E-state index in [0.717, 1.165) is 5.92 Å². The molecule has 1 aliphatic rings. The van der Waals surface area contributed by atoms with E-state index in [1.807, 2.05) is 27.7 Å². The SMILES string of the molecule is CC.CC.CC/C(C)=C\C=C(/C)C1CCCCC1. The molecule has 0 heteroatoms. The van der Waals surface area contributed by atoms with Gasteiger partial charge in [-0.3, -0.25) is 0 Å². The van der Waals surface area contributed by atoms with Crippen LogP contribution in [-0.4, -0.2) is 0 Å². The Hall–Kier alpha value is -0.520. The Balaban J connectivity index is 0. The van der Waals surface area contributed by atoms with Crippen LogP contribution < -0.4 is 0 Å². The summed E-state index contributed by atoms with van der Waals surface area (Å²) >= 11 is 0. The van der Waals surface area contributed by atoms with Crippen LogP contribution >= 0.6 is 0 Å². The quantitative estimate of drug-likeness (QED) is 0.478. The van der Waals surface area contributed by atoms with Crippen LogP contribution in [0.2, 0.25) is 0 Å². The summed E-state index contributed by atoms with van der Waals surface area (Å²) in [6.45, 7) is 14.7. The summed E-state index contributed by atoms with van der Waals surface area (Å²) in [6, 6.07) is 0. The van der Waals surface area contributed by atoms with Crippen LogP contribution in [0.1, 0.15) is 87.0 Å². The Labute approximate surface area is 117 Å². The van der Waals surface area contributed by atoms with Gasteiger partial charge in [0.2, 0.25) is 0 Å². The van der Waals surface area contributed by atoms with Crippen molar-refractivity contribution >= 4 is 0 Å². The van der Waals surface area contributed by atoms with Gasteiger partial charge in [-0.1, -0.05) is 77.2 Å². The lowest BCUT2D eigenvalue weighted by Crippen LogP contribution is -2.06. The molecule has 0 unspecified atom stereocenters. The molecule has 1 fully saturated rings. The van der Waals surface area contributed by atoms with E-state index in [1.54, 1.807) is 5.57 Å². The Bertz CT molecular complexity index is 214. The third kappa shape index (κ3) is 9.50. The molecule has 1 saturated carbocycles. The van der Waals surface area contributed by atoms with Crippen LogP contribution in [0.3, 0.4) is 0 Å². The largest absolute Gasteiger partial charge is 0.0736 e. The van der Waals surface area contributed by atoms with Crippen molar-refractivity contribution < 1.29 is 0 Å². The van der Waals surface area contributed by atoms with Crippen LogP contribution in [0.4, 0.5) is 0 Å². The molecule has 0 saturated heterocycles. The minimum atomic E-state index is 0.879. The summed E-state index contributed by atoms with van der Waals surface area (Å²) in [6.07, 6.45) is 13.0. The van der Waals surface area contributed by atoms with Crippen molar-refractivity contribution in [3.8, 4) is 0 Å². The first-order chi connectivity index (χ1) is 8.74. The zero-order valence-electron chi connectivity index (χ0n) is 14.0. The average molecular weight is 252 g/mol. The Kier molecular flexibility index (Phi) is 16.0. The van der Waals surface area contributed by atoms with E-state index in [4.69, 9.17) is 0 Å². The van der Waals surface area contributed by atoms with Crippen LogP contribution in [-0.2, 0) is 0 Å². The van der Waals surface area contributed by atoms with Gasteiger partial charge < -0.3 is 0 Å². The van der Waals surface area contributed by atoms with Gasteiger partial charge in [-0.05, 0) is 39.0 Å². The maximum atomic E-state index is 2.34. The molecule has 0 aromatic rings. The molecule has 1 aliphatic carbocycles. The Morgan fingerprint density at radius 2 is 1.39 bits per heavy atom. The number of allylic oxidation sites excluding steroid dienone is 4. The average Bonchev–Trinajstić information content (AvgIpc) is 2.49. The van der Waals surface area contributed by atoms with E-state index in [0.29, 0.717) is 0 Å². The summed E-state index contributed by atoms with van der Waals surface area (Å²) in [5.74, 6) is 0.879. The molecule has 18 heavy (non-hydrogen) atoms. The zero-order valence-corrected chi connectivity index (χ0v) is 14.0. The molecule has 0 spiro atoms. The summed E-state index contributed by atoms with van der Waals surface area (Å²) in [7, 11) is 0. The van der Waals surface area contributed by atoms with Crippen LogP contribution in [0.15, 0.2) is 23.3 Å². The summed E-state index contributed by atoms with van der Waals surface area (Å²) in [4.78, 5) is 0. The van der Waals surface area contributed by atoms with E-state index >= 15 is 0 Å². The van der Waals surface area contributed by atoms with E-state index < -0.39 is 0 Å². The molecule has 0 bridgehead atoms. The highest BCUT2D eigenvalue weighted by atomic mass is 14.2. The Morgan fingerprint density at radius 1 is 0.889 bits per heavy atom. The number of hydrogen-bond donors (Lipinski definition) is 0. The van der Waals surface area contributed by atoms with Gasteiger partial charge in [0.05, 0.1) is 0 Å². The molecule has 0 aromatic carbocycles. The fourth-order valence-electron chi connectivity index (χ4n) is 2.09. The van der Waals surface area contributed by atoms with Crippen molar-refractivity contribution in [3.05, 3.63) is 23.3 Å². The third-order valence-corrected chi connectivity index (χ3v) is 3.44. The van der Waals surface area contributed by atoms with E-state index in [9.17, 15) is 0 Å². The molecule has 0 atom stereocenters. The molecular formula is C18H36. The number of hydrogen-bond acceptors (Lipinski definition) is 0. The first-order valence-corrected chi connectivity index (χ1v) is 8.08. The maximum Gasteiger partial charge on any atom is -0.0203 e. The molecule has 1 rings (SSSR count). The topological polar surface area (TPSA) is 0 Å². The highest BCUT2D eigenvalue weighted by molar-refractivity contribution is 5.17. The lowest BCUT2D eigenvalue weighted by Gasteiger charge is -2.22. The third-order valence-electron chi connectivity index (χ3n) is 3.44. The van der Waals surface area contributed by atoms with Crippen LogP contribution in [0.5, 0.6) is 0 Å². The van der Waals surface area contributed by atoms with Crippen molar-refractivity contribution in [2.45, 2.75) is 87.0 Å². The standard InChI is InChI=1S/C14H24.2C2H6/c1-4-12(2)10-11-13(3)14-8-6-5-7-9-14;2*1-2/h10-11,14H,4-9H2,1-3H3;2*1-2H3/b12-10-,13-11+;;. The van der Waals surface area contributed by atoms with E-state index in [-0.39, 0.29) is 0 Å². The smallest absolute Gasteiger partial charge is 0.0203 e. The molecule has 0 N–H and O–H groups in total. The Morgan fingerprint density at radius 3 is 1.83 bits per heavy atom. The van der Waals surface area contributed by atoms with Gasteiger partial charge in [0, 0.05) is 0 Å². The molecule has 0 amide bonds. The zero-order chi connectivity index (χ0) is 14.4. The molecular weight excluding hydrogens is 216 g/mol. The monoisotopic (exact) mass is 252 g/mol. The highest BCUT2D eigenvalue weighted by Gasteiger charge is 2.13. The summed E-state index contributed by atoms with van der Waals surface area (Å²) in [5, 5.41) is 0. The van der Waals surface area contributed by atoms with Crippen molar-refractivity contribution in [2.75, 3.05) is 0 Å². The van der Waals surface area contributed by atoms with Crippen molar-refractivity contribution in [1.29, 1.82) is 0 Å². The number of rotatable bonds is 3. The maximum absolute atomic E-state index is 2.34. The normalized spacial score (nSPS) is 17.3. The second-order valence-corrected chi connectivity index (χ2v) is 4.61. The van der Waals surface area contributed by atoms with Crippen LogP contribution in [0.25, 0.3) is 0 Å². The molecule has 0 heterocycles. The first-order valence-electron chi connectivity index (χ1n) is 8.08. The lowest BCUT2D eigenvalue weighted by molar-refractivity contribution is 0.403. The van der Waals surface area contributed by atoms with Gasteiger partial charge >= 0.3 is 0 Å². The summed E-state index contributed by atoms with van der Waals surface area (Å²) in [5.41, 5.74) is 3.08. The van der Waals surface area contributed by atoms with Crippen molar-refractivity contribution in [1.82, 2.24) is 0 Å². The molecule has 108 valence electrons. The second-order valence-electron chi connectivity index (χ2n) is 4.61. The fraction of sp³-hybridized carbons (Fsp3) is 0.778. The minimum Gasteiger partial charge on any atom is -0.0736 e. The van der Waals surface area contributed by atoms with Gasteiger partial charge in [-0.15, -0.1) is 0 Å². The predicted molar refractivity (Wildman–Crippen MR) is 87.1 cm³/mol. The van der Waals surface area contributed by atoms with Gasteiger partial charge in [0.15, 0.2) is 0 Å². The molecule has 0 radical (unpaired) electrons. The van der Waals surface area contributed by atoms with E-state index in [1.165, 1.54) is 44.1 Å². The molecule has 0 aromatic heterocycles. The lowest BCUT2D eigenvalue weighted by atomic mass is 9.84.